The molecule has 7 nitrogen and oxygen atoms in total. The van der Waals surface area contributed by atoms with Crippen molar-refractivity contribution in [1.82, 2.24) is 4.57 Å². The van der Waals surface area contributed by atoms with Crippen LogP contribution in [0.5, 0.6) is 11.5 Å². The van der Waals surface area contributed by atoms with Crippen molar-refractivity contribution in [3.8, 4) is 11.5 Å². The Morgan fingerprint density at radius 1 is 1.02 bits per heavy atom. The molecule has 0 saturated heterocycles. The maximum atomic E-state index is 14.2. The monoisotopic (exact) mass is 714 g/mol. The Morgan fingerprint density at radius 3 is 2.46 bits per heavy atom. The first-order chi connectivity index (χ1) is 22.4. The summed E-state index contributed by atoms with van der Waals surface area (Å²) in [6.07, 6.45) is 1.79. The van der Waals surface area contributed by atoms with Crippen molar-refractivity contribution in [2.45, 2.75) is 19.6 Å². The van der Waals surface area contributed by atoms with Crippen molar-refractivity contribution >= 4 is 56.6 Å². The number of hydrogen-bond acceptors (Lipinski definition) is 7. The van der Waals surface area contributed by atoms with Gasteiger partial charge in [-0.1, -0.05) is 95.7 Å². The van der Waals surface area contributed by atoms with Gasteiger partial charge in [0, 0.05) is 10.6 Å². The molecule has 1 aliphatic heterocycles. The second kappa shape index (κ2) is 13.9. The van der Waals surface area contributed by atoms with Crippen LogP contribution in [-0.2, 0) is 16.1 Å². The number of esters is 1. The third-order valence-corrected chi connectivity index (χ3v) is 9.12. The molecule has 0 fully saturated rings. The highest BCUT2D eigenvalue weighted by Gasteiger charge is 2.35. The number of thiazole rings is 1. The summed E-state index contributed by atoms with van der Waals surface area (Å²) in [4.78, 5) is 33.2. The van der Waals surface area contributed by atoms with Crippen molar-refractivity contribution < 1.29 is 19.0 Å². The van der Waals surface area contributed by atoms with Crippen LogP contribution in [0.1, 0.15) is 35.2 Å². The lowest BCUT2D eigenvalue weighted by molar-refractivity contribution is -0.138. The molecule has 0 spiro atoms. The molecule has 0 radical (unpaired) electrons. The number of carbonyl (C=O) groups is 1. The van der Waals surface area contributed by atoms with Crippen LogP contribution in [0.15, 0.2) is 117 Å². The molecule has 6 rings (SSSR count). The maximum Gasteiger partial charge on any atom is 0.338 e. The van der Waals surface area contributed by atoms with E-state index in [9.17, 15) is 9.59 Å². The quantitative estimate of drug-likeness (QED) is 0.155. The van der Waals surface area contributed by atoms with Crippen LogP contribution in [0.3, 0.4) is 0 Å². The predicted molar refractivity (Wildman–Crippen MR) is 184 cm³/mol. The number of fused-ring (bicyclic) bond motifs is 1. The highest BCUT2D eigenvalue weighted by Crippen LogP contribution is 2.38. The van der Waals surface area contributed by atoms with Gasteiger partial charge in [-0.2, -0.15) is 0 Å². The molecule has 0 saturated carbocycles. The zero-order valence-electron chi connectivity index (χ0n) is 24.9. The highest BCUT2D eigenvalue weighted by molar-refractivity contribution is 9.10. The maximum absolute atomic E-state index is 14.2. The zero-order chi connectivity index (χ0) is 32.2. The Morgan fingerprint density at radius 2 is 1.76 bits per heavy atom. The standard InChI is InChI=1S/C36H28BrClN2O5S/c1-3-44-35(42)30-31(24-12-6-4-7-13-24)39-36-40(32(30)25-14-8-5-9-15-25)34(41)29(46-36)20-23-18-27(37)33(28(19-23)43-2)45-21-22-11-10-16-26(38)17-22/h4-20,32H,3,21H2,1-2H3/b29-20-/t32-/m1/s1. The molecule has 10 heteroatoms. The molecule has 4 aromatic carbocycles. The SMILES string of the molecule is CCOC(=O)C1=C(c2ccccc2)N=c2s/c(=C\c3cc(Br)c(OCc4cccc(Cl)c4)c(OC)c3)c(=O)n2[C@@H]1c1ccccc1. The number of halogens is 2. The number of methoxy groups -OCH3 is 1. The summed E-state index contributed by atoms with van der Waals surface area (Å²) >= 11 is 11.0. The van der Waals surface area contributed by atoms with Crippen molar-refractivity contribution in [3.05, 3.63) is 154 Å². The Hall–Kier alpha value is -4.44. The third kappa shape index (κ3) is 6.44. The number of carbonyl (C=O) groups excluding carboxylic acids is 1. The molecule has 2 heterocycles. The van der Waals surface area contributed by atoms with Gasteiger partial charge in [0.05, 0.1) is 40.0 Å². The van der Waals surface area contributed by atoms with E-state index in [-0.39, 0.29) is 12.2 Å². The average Bonchev–Trinajstić information content (AvgIpc) is 3.38. The average molecular weight is 716 g/mol. The molecule has 0 bridgehead atoms. The fourth-order valence-electron chi connectivity index (χ4n) is 5.29. The summed E-state index contributed by atoms with van der Waals surface area (Å²) < 4.78 is 20.0. The normalized spacial score (nSPS) is 14.4. The van der Waals surface area contributed by atoms with Crippen molar-refractivity contribution in [2.24, 2.45) is 4.99 Å². The molecule has 46 heavy (non-hydrogen) atoms. The number of rotatable bonds is 9. The minimum atomic E-state index is -0.739. The minimum absolute atomic E-state index is 0.186. The van der Waals surface area contributed by atoms with E-state index >= 15 is 0 Å². The van der Waals surface area contributed by atoms with Gasteiger partial charge < -0.3 is 14.2 Å². The first-order valence-corrected chi connectivity index (χ1v) is 16.4. The Labute approximate surface area is 282 Å². The van der Waals surface area contributed by atoms with Crippen molar-refractivity contribution in [2.75, 3.05) is 13.7 Å². The summed E-state index contributed by atoms with van der Waals surface area (Å²) in [6.45, 7) is 2.23. The van der Waals surface area contributed by atoms with Gasteiger partial charge in [0.25, 0.3) is 5.56 Å². The number of ether oxygens (including phenoxy) is 3. The predicted octanol–water partition coefficient (Wildman–Crippen LogP) is 6.94. The van der Waals surface area contributed by atoms with E-state index in [1.54, 1.807) is 24.7 Å². The Kier molecular flexibility index (Phi) is 9.53. The van der Waals surface area contributed by atoms with Crippen LogP contribution in [0.4, 0.5) is 0 Å². The van der Waals surface area contributed by atoms with Crippen LogP contribution in [0.2, 0.25) is 5.02 Å². The molecule has 232 valence electrons. The van der Waals surface area contributed by atoms with Crippen molar-refractivity contribution in [1.29, 1.82) is 0 Å². The second-order valence-electron chi connectivity index (χ2n) is 10.3. The Balaban J connectivity index is 1.48. The van der Waals surface area contributed by atoms with Crippen molar-refractivity contribution in [3.63, 3.8) is 0 Å². The topological polar surface area (TPSA) is 79.1 Å². The van der Waals surface area contributed by atoms with Gasteiger partial charge in [-0.05, 0) is 69.9 Å². The third-order valence-electron chi connectivity index (χ3n) is 7.31. The Bertz CT molecular complexity index is 2130. The molecule has 1 aliphatic rings. The van der Waals surface area contributed by atoms with Crippen LogP contribution in [0, 0.1) is 0 Å². The molecular weight excluding hydrogens is 688 g/mol. The van der Waals surface area contributed by atoms with Crippen LogP contribution < -0.4 is 24.4 Å². The lowest BCUT2D eigenvalue weighted by atomic mass is 9.93. The van der Waals surface area contributed by atoms with E-state index in [1.807, 2.05) is 97.1 Å². The molecule has 0 aliphatic carbocycles. The van der Waals surface area contributed by atoms with Gasteiger partial charge in [-0.15, -0.1) is 0 Å². The molecular formula is C36H28BrClN2O5S. The van der Waals surface area contributed by atoms with Crippen LogP contribution in [0.25, 0.3) is 11.8 Å². The summed E-state index contributed by atoms with van der Waals surface area (Å²) in [7, 11) is 1.56. The van der Waals surface area contributed by atoms with E-state index in [4.69, 9.17) is 30.8 Å². The van der Waals surface area contributed by atoms with Gasteiger partial charge in [-0.25, -0.2) is 9.79 Å². The highest BCUT2D eigenvalue weighted by atomic mass is 79.9. The van der Waals surface area contributed by atoms with E-state index in [0.29, 0.717) is 53.8 Å². The van der Waals surface area contributed by atoms with Gasteiger partial charge in [-0.3, -0.25) is 9.36 Å². The lowest BCUT2D eigenvalue weighted by Gasteiger charge is -2.25. The fraction of sp³-hybridized carbons (Fsp3) is 0.139. The first-order valence-electron chi connectivity index (χ1n) is 14.5. The van der Waals surface area contributed by atoms with E-state index in [0.717, 1.165) is 16.7 Å². The molecule has 0 unspecified atom stereocenters. The first kappa shape index (κ1) is 31.5. The molecule has 0 amide bonds. The van der Waals surface area contributed by atoms with Gasteiger partial charge in [0.2, 0.25) is 0 Å². The summed E-state index contributed by atoms with van der Waals surface area (Å²) in [5, 5.41) is 0.628. The van der Waals surface area contributed by atoms with E-state index in [1.165, 1.54) is 11.3 Å². The van der Waals surface area contributed by atoms with Gasteiger partial charge >= 0.3 is 5.97 Å². The summed E-state index contributed by atoms with van der Waals surface area (Å²) in [6, 6.07) is 29.3. The van der Waals surface area contributed by atoms with Crippen LogP contribution >= 0.6 is 38.9 Å². The molecule has 0 N–H and O–H groups in total. The number of aromatic nitrogens is 1. The number of nitrogens with zero attached hydrogens (tertiary/aromatic N) is 2. The summed E-state index contributed by atoms with van der Waals surface area (Å²) in [5.41, 5.74) is 3.67. The minimum Gasteiger partial charge on any atom is -0.493 e. The molecule has 1 aromatic heterocycles. The number of hydrogen-bond donors (Lipinski definition) is 0. The largest absolute Gasteiger partial charge is 0.493 e. The van der Waals surface area contributed by atoms with Crippen LogP contribution in [-0.4, -0.2) is 24.3 Å². The smallest absolute Gasteiger partial charge is 0.338 e. The lowest BCUT2D eigenvalue weighted by Crippen LogP contribution is -2.39. The van der Waals surface area contributed by atoms with Gasteiger partial charge in [0.1, 0.15) is 6.61 Å². The molecule has 5 aromatic rings. The van der Waals surface area contributed by atoms with E-state index < -0.39 is 12.0 Å². The molecule has 1 atom stereocenters. The van der Waals surface area contributed by atoms with E-state index in [2.05, 4.69) is 15.9 Å². The fourth-order valence-corrected chi connectivity index (χ4v) is 7.08. The van der Waals surface area contributed by atoms with Gasteiger partial charge in [0.15, 0.2) is 16.3 Å². The number of benzene rings is 4. The summed E-state index contributed by atoms with van der Waals surface area (Å²) in [5.74, 6) is 0.501. The zero-order valence-corrected chi connectivity index (χ0v) is 28.1. The second-order valence-corrected chi connectivity index (χ2v) is 12.6.